The standard InChI is InChI=1S/C8H12IN3O2/c1-5(3-13)2-10-7-6(9)8(14)12-4-11-7/h4-5,13H,2-3H2,1H3,(H2,10,11,12,14). The highest BCUT2D eigenvalue weighted by atomic mass is 127. The van der Waals surface area contributed by atoms with Gasteiger partial charge >= 0.3 is 0 Å². The first-order valence-corrected chi connectivity index (χ1v) is 5.31. The minimum absolute atomic E-state index is 0.118. The molecular formula is C8H12IN3O2. The Hall–Kier alpha value is -0.630. The van der Waals surface area contributed by atoms with Gasteiger partial charge in [0.1, 0.15) is 9.39 Å². The number of H-pyrrole nitrogens is 1. The molecule has 1 aromatic rings. The lowest BCUT2D eigenvalue weighted by Crippen LogP contribution is -2.19. The first-order valence-electron chi connectivity index (χ1n) is 4.23. The van der Waals surface area contributed by atoms with Crippen molar-refractivity contribution < 1.29 is 5.11 Å². The fourth-order valence-electron chi connectivity index (χ4n) is 0.842. The number of aliphatic hydroxyl groups excluding tert-OH is 1. The molecule has 1 rings (SSSR count). The fraction of sp³-hybridized carbons (Fsp3) is 0.500. The summed E-state index contributed by atoms with van der Waals surface area (Å²) in [6.07, 6.45) is 1.36. The van der Waals surface area contributed by atoms with Gasteiger partial charge in [-0.25, -0.2) is 4.98 Å². The van der Waals surface area contributed by atoms with Gasteiger partial charge in [0.15, 0.2) is 0 Å². The molecule has 1 unspecified atom stereocenters. The van der Waals surface area contributed by atoms with Crippen LogP contribution < -0.4 is 10.9 Å². The second-order valence-corrected chi connectivity index (χ2v) is 4.14. The van der Waals surface area contributed by atoms with Crippen LogP contribution in [0.3, 0.4) is 0 Å². The SMILES string of the molecule is CC(CO)CNc1nc[nH]c(=O)c1I. The maximum Gasteiger partial charge on any atom is 0.266 e. The lowest BCUT2D eigenvalue weighted by Gasteiger charge is -2.10. The van der Waals surface area contributed by atoms with Gasteiger partial charge < -0.3 is 15.4 Å². The van der Waals surface area contributed by atoms with E-state index in [-0.39, 0.29) is 18.1 Å². The van der Waals surface area contributed by atoms with E-state index >= 15 is 0 Å². The Kier molecular flexibility index (Phi) is 4.33. The molecule has 0 aliphatic carbocycles. The number of halogens is 1. The zero-order valence-corrected chi connectivity index (χ0v) is 9.91. The molecule has 5 nitrogen and oxygen atoms in total. The summed E-state index contributed by atoms with van der Waals surface area (Å²) in [5, 5.41) is 11.8. The van der Waals surface area contributed by atoms with Gasteiger partial charge in [-0.1, -0.05) is 6.92 Å². The largest absolute Gasteiger partial charge is 0.396 e. The second kappa shape index (κ2) is 5.30. The first-order chi connectivity index (χ1) is 6.65. The van der Waals surface area contributed by atoms with Gasteiger partial charge in [0, 0.05) is 13.2 Å². The summed E-state index contributed by atoms with van der Waals surface area (Å²) in [6.45, 7) is 2.63. The summed E-state index contributed by atoms with van der Waals surface area (Å²) in [7, 11) is 0. The molecule has 0 spiro atoms. The van der Waals surface area contributed by atoms with Crippen molar-refractivity contribution in [2.45, 2.75) is 6.92 Å². The highest BCUT2D eigenvalue weighted by Crippen LogP contribution is 2.09. The molecule has 0 saturated carbocycles. The molecule has 0 aliphatic heterocycles. The van der Waals surface area contributed by atoms with E-state index < -0.39 is 0 Å². The smallest absolute Gasteiger partial charge is 0.266 e. The molecular weight excluding hydrogens is 297 g/mol. The summed E-state index contributed by atoms with van der Waals surface area (Å²) < 4.78 is 0.537. The Morgan fingerprint density at radius 3 is 3.14 bits per heavy atom. The van der Waals surface area contributed by atoms with Gasteiger partial charge in [0.25, 0.3) is 5.56 Å². The zero-order chi connectivity index (χ0) is 10.6. The van der Waals surface area contributed by atoms with Gasteiger partial charge in [-0.05, 0) is 28.5 Å². The lowest BCUT2D eigenvalue weighted by atomic mass is 10.2. The van der Waals surface area contributed by atoms with Crippen LogP contribution in [0.15, 0.2) is 11.1 Å². The molecule has 0 radical (unpaired) electrons. The zero-order valence-electron chi connectivity index (χ0n) is 7.75. The van der Waals surface area contributed by atoms with Crippen LogP contribution in [0.4, 0.5) is 5.82 Å². The molecule has 14 heavy (non-hydrogen) atoms. The van der Waals surface area contributed by atoms with Crippen molar-refractivity contribution in [3.63, 3.8) is 0 Å². The number of aromatic amines is 1. The molecule has 1 aromatic heterocycles. The topological polar surface area (TPSA) is 78.0 Å². The van der Waals surface area contributed by atoms with Gasteiger partial charge in [0.05, 0.1) is 6.33 Å². The first kappa shape index (κ1) is 11.4. The molecule has 1 heterocycles. The summed E-state index contributed by atoms with van der Waals surface area (Å²) in [4.78, 5) is 17.6. The van der Waals surface area contributed by atoms with Gasteiger partial charge in [0.2, 0.25) is 0 Å². The molecule has 0 saturated heterocycles. The van der Waals surface area contributed by atoms with Gasteiger partial charge in [-0.3, -0.25) is 4.79 Å². The van der Waals surface area contributed by atoms with E-state index in [1.54, 1.807) is 0 Å². The predicted molar refractivity (Wildman–Crippen MR) is 62.3 cm³/mol. The Morgan fingerprint density at radius 1 is 1.79 bits per heavy atom. The molecule has 78 valence electrons. The van der Waals surface area contributed by atoms with Crippen molar-refractivity contribution in [3.05, 3.63) is 20.3 Å². The minimum atomic E-state index is -0.153. The van der Waals surface area contributed by atoms with Crippen molar-refractivity contribution in [3.8, 4) is 0 Å². The van der Waals surface area contributed by atoms with Crippen molar-refractivity contribution in [2.75, 3.05) is 18.5 Å². The second-order valence-electron chi connectivity index (χ2n) is 3.06. The molecule has 3 N–H and O–H groups in total. The number of hydrogen-bond acceptors (Lipinski definition) is 4. The quantitative estimate of drug-likeness (QED) is 0.704. The normalized spacial score (nSPS) is 12.5. The van der Waals surface area contributed by atoms with Crippen molar-refractivity contribution in [2.24, 2.45) is 5.92 Å². The Morgan fingerprint density at radius 2 is 2.50 bits per heavy atom. The summed E-state index contributed by atoms with van der Waals surface area (Å²) in [5.41, 5.74) is -0.153. The van der Waals surface area contributed by atoms with Crippen LogP contribution >= 0.6 is 22.6 Å². The van der Waals surface area contributed by atoms with Crippen molar-refractivity contribution in [1.82, 2.24) is 9.97 Å². The molecule has 0 aromatic carbocycles. The fourth-order valence-corrected chi connectivity index (χ4v) is 1.33. The van der Waals surface area contributed by atoms with Crippen LogP contribution in [-0.2, 0) is 0 Å². The molecule has 6 heteroatoms. The third-order valence-corrected chi connectivity index (χ3v) is 2.73. The minimum Gasteiger partial charge on any atom is -0.396 e. The van der Waals surface area contributed by atoms with Crippen LogP contribution in [-0.4, -0.2) is 28.2 Å². The highest BCUT2D eigenvalue weighted by Gasteiger charge is 2.05. The highest BCUT2D eigenvalue weighted by molar-refractivity contribution is 14.1. The summed E-state index contributed by atoms with van der Waals surface area (Å²) in [5.74, 6) is 0.710. The van der Waals surface area contributed by atoms with Gasteiger partial charge in [-0.2, -0.15) is 0 Å². The van der Waals surface area contributed by atoms with Crippen LogP contribution in [0, 0.1) is 9.49 Å². The van der Waals surface area contributed by atoms with E-state index in [9.17, 15) is 4.79 Å². The number of nitrogens with zero attached hydrogens (tertiary/aromatic N) is 1. The van der Waals surface area contributed by atoms with Crippen LogP contribution in [0.2, 0.25) is 0 Å². The van der Waals surface area contributed by atoms with Crippen LogP contribution in [0.25, 0.3) is 0 Å². The third kappa shape index (κ3) is 2.95. The van der Waals surface area contributed by atoms with Crippen molar-refractivity contribution in [1.29, 1.82) is 0 Å². The monoisotopic (exact) mass is 309 g/mol. The maximum atomic E-state index is 11.2. The average Bonchev–Trinajstić information content (AvgIpc) is 2.20. The average molecular weight is 309 g/mol. The van der Waals surface area contributed by atoms with E-state index in [1.165, 1.54) is 6.33 Å². The number of hydrogen-bond donors (Lipinski definition) is 3. The summed E-state index contributed by atoms with van der Waals surface area (Å²) in [6, 6.07) is 0. The number of anilines is 1. The predicted octanol–water partition coefficient (Wildman–Crippen LogP) is 0.415. The Bertz CT molecular complexity index is 353. The Labute approximate surface area is 95.1 Å². The van der Waals surface area contributed by atoms with Gasteiger partial charge in [-0.15, -0.1) is 0 Å². The number of aromatic nitrogens is 2. The van der Waals surface area contributed by atoms with Crippen LogP contribution in [0.1, 0.15) is 6.92 Å². The van der Waals surface area contributed by atoms with E-state index in [4.69, 9.17) is 5.11 Å². The van der Waals surface area contributed by atoms with Crippen molar-refractivity contribution >= 4 is 28.4 Å². The molecule has 0 fully saturated rings. The number of nitrogens with one attached hydrogen (secondary N) is 2. The molecule has 0 bridgehead atoms. The number of aliphatic hydroxyl groups is 1. The van der Waals surface area contributed by atoms with E-state index in [2.05, 4.69) is 15.3 Å². The van der Waals surface area contributed by atoms with Crippen LogP contribution in [0.5, 0.6) is 0 Å². The van der Waals surface area contributed by atoms with E-state index in [0.717, 1.165) is 0 Å². The van der Waals surface area contributed by atoms with E-state index in [1.807, 2.05) is 29.5 Å². The molecule has 1 atom stereocenters. The lowest BCUT2D eigenvalue weighted by molar-refractivity contribution is 0.244. The third-order valence-electron chi connectivity index (χ3n) is 1.73. The Balaban J connectivity index is 2.68. The van der Waals surface area contributed by atoms with E-state index in [0.29, 0.717) is 15.9 Å². The maximum absolute atomic E-state index is 11.2. The molecule has 0 amide bonds. The summed E-state index contributed by atoms with van der Waals surface area (Å²) >= 11 is 1.93. The number of rotatable bonds is 4. The molecule has 0 aliphatic rings.